The number of carbonyl (C=O) groups excluding carboxylic acids is 2. The Labute approximate surface area is 217 Å². The van der Waals surface area contributed by atoms with Crippen LogP contribution in [0, 0.1) is 5.92 Å². The summed E-state index contributed by atoms with van der Waals surface area (Å²) in [6.07, 6.45) is 1.52. The Morgan fingerprint density at radius 2 is 1.81 bits per heavy atom. The van der Waals surface area contributed by atoms with Gasteiger partial charge in [-0.3, -0.25) is 9.59 Å². The molecule has 0 saturated heterocycles. The number of nitrogens with zero attached hydrogens (tertiary/aromatic N) is 1. The summed E-state index contributed by atoms with van der Waals surface area (Å²) in [6.45, 7) is 4.21. The van der Waals surface area contributed by atoms with Crippen LogP contribution in [0.5, 0.6) is 17.2 Å². The first-order chi connectivity index (χ1) is 17.4. The van der Waals surface area contributed by atoms with Crippen molar-refractivity contribution in [2.45, 2.75) is 26.5 Å². The van der Waals surface area contributed by atoms with Gasteiger partial charge >= 0.3 is 0 Å². The maximum Gasteiger partial charge on any atom is 0.262 e. The molecular formula is C27H26BrN3O5. The van der Waals surface area contributed by atoms with Crippen LogP contribution in [0.4, 0.5) is 0 Å². The van der Waals surface area contributed by atoms with Crippen LogP contribution in [0.3, 0.4) is 0 Å². The lowest BCUT2D eigenvalue weighted by molar-refractivity contribution is -0.123. The molecule has 1 heterocycles. The molecule has 0 aromatic heterocycles. The van der Waals surface area contributed by atoms with Gasteiger partial charge in [0.1, 0.15) is 18.4 Å². The molecule has 8 nitrogen and oxygen atoms in total. The summed E-state index contributed by atoms with van der Waals surface area (Å²) in [4.78, 5) is 25.6. The molecule has 2 N–H and O–H groups in total. The third-order valence-corrected chi connectivity index (χ3v) is 6.00. The van der Waals surface area contributed by atoms with Crippen molar-refractivity contribution in [2.24, 2.45) is 11.0 Å². The van der Waals surface area contributed by atoms with E-state index in [1.165, 1.54) is 6.21 Å². The number of hydrogen-bond donors (Lipinski definition) is 2. The van der Waals surface area contributed by atoms with Crippen molar-refractivity contribution >= 4 is 34.0 Å². The van der Waals surface area contributed by atoms with Crippen LogP contribution < -0.4 is 25.0 Å². The number of fused-ring (bicyclic) bond motifs is 1. The van der Waals surface area contributed by atoms with Crippen LogP contribution in [0.25, 0.3) is 0 Å². The number of carbonyl (C=O) groups is 2. The summed E-state index contributed by atoms with van der Waals surface area (Å²) in [5.74, 6) is 0.731. The number of nitrogens with one attached hydrogen (secondary N) is 2. The van der Waals surface area contributed by atoms with E-state index in [2.05, 4.69) is 31.8 Å². The number of halogens is 1. The summed E-state index contributed by atoms with van der Waals surface area (Å²) in [6, 6.07) is 19.4. The van der Waals surface area contributed by atoms with Gasteiger partial charge in [0.2, 0.25) is 6.79 Å². The Bertz CT molecular complexity index is 1260. The summed E-state index contributed by atoms with van der Waals surface area (Å²) in [5.41, 5.74) is 4.63. The largest absolute Gasteiger partial charge is 0.488 e. The molecule has 0 radical (unpaired) electrons. The summed E-state index contributed by atoms with van der Waals surface area (Å²) < 4.78 is 17.6. The molecule has 0 bridgehead atoms. The van der Waals surface area contributed by atoms with Crippen molar-refractivity contribution in [3.8, 4) is 17.2 Å². The second kappa shape index (κ2) is 11.7. The Morgan fingerprint density at radius 1 is 1.06 bits per heavy atom. The highest BCUT2D eigenvalue weighted by Gasteiger charge is 2.25. The van der Waals surface area contributed by atoms with Gasteiger partial charge < -0.3 is 19.5 Å². The minimum absolute atomic E-state index is 0.119. The molecule has 36 heavy (non-hydrogen) atoms. The van der Waals surface area contributed by atoms with Crippen molar-refractivity contribution in [2.75, 3.05) is 6.79 Å². The third kappa shape index (κ3) is 6.42. The van der Waals surface area contributed by atoms with Gasteiger partial charge in [0.15, 0.2) is 11.5 Å². The highest BCUT2D eigenvalue weighted by Crippen LogP contribution is 2.32. The fourth-order valence-corrected chi connectivity index (χ4v) is 3.76. The van der Waals surface area contributed by atoms with Crippen molar-refractivity contribution in [1.29, 1.82) is 0 Å². The van der Waals surface area contributed by atoms with Gasteiger partial charge in [-0.15, -0.1) is 0 Å². The SMILES string of the molecule is CC(C)C(NC(=O)c1ccc2c(c1)OCO2)C(=O)NN=Cc1ccccc1OCc1ccc(Br)cc1. The molecular weight excluding hydrogens is 526 g/mol. The zero-order valence-electron chi connectivity index (χ0n) is 19.9. The van der Waals surface area contributed by atoms with E-state index in [0.29, 0.717) is 35.0 Å². The van der Waals surface area contributed by atoms with Crippen LogP contribution in [0.1, 0.15) is 35.3 Å². The van der Waals surface area contributed by atoms with Crippen LogP contribution in [0.2, 0.25) is 0 Å². The highest BCUT2D eigenvalue weighted by molar-refractivity contribution is 9.10. The highest BCUT2D eigenvalue weighted by atomic mass is 79.9. The number of benzene rings is 3. The van der Waals surface area contributed by atoms with E-state index in [-0.39, 0.29) is 12.7 Å². The predicted octanol–water partition coefficient (Wildman–Crippen LogP) is 4.66. The number of hydrogen-bond acceptors (Lipinski definition) is 6. The molecule has 4 rings (SSSR count). The van der Waals surface area contributed by atoms with Crippen LogP contribution in [-0.2, 0) is 11.4 Å². The molecule has 0 spiro atoms. The van der Waals surface area contributed by atoms with Gasteiger partial charge in [-0.1, -0.05) is 54.0 Å². The van der Waals surface area contributed by atoms with Gasteiger partial charge in [0.25, 0.3) is 11.8 Å². The van der Waals surface area contributed by atoms with E-state index >= 15 is 0 Å². The molecule has 186 valence electrons. The molecule has 9 heteroatoms. The van der Waals surface area contributed by atoms with E-state index in [4.69, 9.17) is 14.2 Å². The van der Waals surface area contributed by atoms with E-state index < -0.39 is 17.9 Å². The molecule has 3 aromatic carbocycles. The fraction of sp³-hybridized carbons (Fsp3) is 0.222. The molecule has 1 unspecified atom stereocenters. The summed E-state index contributed by atoms with van der Waals surface area (Å²) in [7, 11) is 0. The first kappa shape index (κ1) is 25.2. The van der Waals surface area contributed by atoms with Gasteiger partial charge in [-0.05, 0) is 53.9 Å². The Morgan fingerprint density at radius 3 is 2.58 bits per heavy atom. The van der Waals surface area contributed by atoms with E-state index in [0.717, 1.165) is 10.0 Å². The summed E-state index contributed by atoms with van der Waals surface area (Å²) in [5, 5.41) is 6.88. The normalized spacial score (nSPS) is 13.0. The average molecular weight is 552 g/mol. The Kier molecular flexibility index (Phi) is 8.22. The lowest BCUT2D eigenvalue weighted by atomic mass is 10.0. The third-order valence-electron chi connectivity index (χ3n) is 5.48. The molecule has 1 aliphatic rings. The smallest absolute Gasteiger partial charge is 0.262 e. The number of rotatable bonds is 9. The zero-order valence-corrected chi connectivity index (χ0v) is 21.4. The van der Waals surface area contributed by atoms with Crippen LogP contribution >= 0.6 is 15.9 Å². The van der Waals surface area contributed by atoms with Gasteiger partial charge in [-0.25, -0.2) is 5.43 Å². The molecule has 2 amide bonds. The molecule has 3 aromatic rings. The first-order valence-corrected chi connectivity index (χ1v) is 12.2. The second-order valence-electron chi connectivity index (χ2n) is 8.45. The topological polar surface area (TPSA) is 98.2 Å². The maximum atomic E-state index is 12.8. The Balaban J connectivity index is 1.37. The van der Waals surface area contributed by atoms with E-state index in [1.807, 2.05) is 62.4 Å². The van der Waals surface area contributed by atoms with E-state index in [1.54, 1.807) is 18.2 Å². The van der Waals surface area contributed by atoms with Crippen molar-refractivity contribution in [3.63, 3.8) is 0 Å². The quantitative estimate of drug-likeness (QED) is 0.297. The predicted molar refractivity (Wildman–Crippen MR) is 139 cm³/mol. The zero-order chi connectivity index (χ0) is 25.5. The molecule has 0 saturated carbocycles. The standard InChI is InChI=1S/C27H26BrN3O5/c1-17(2)25(30-26(32)19-9-12-23-24(13-19)36-16-35-23)27(33)31-29-14-20-5-3-4-6-22(20)34-15-18-7-10-21(28)11-8-18/h3-14,17,25H,15-16H2,1-2H3,(H,30,32)(H,31,33). The molecule has 1 atom stereocenters. The summed E-state index contributed by atoms with van der Waals surface area (Å²) >= 11 is 3.42. The Hall–Kier alpha value is -3.85. The fourth-order valence-electron chi connectivity index (χ4n) is 3.49. The van der Waals surface area contributed by atoms with Crippen molar-refractivity contribution in [1.82, 2.24) is 10.7 Å². The molecule has 0 fully saturated rings. The first-order valence-electron chi connectivity index (χ1n) is 11.4. The van der Waals surface area contributed by atoms with Crippen molar-refractivity contribution < 1.29 is 23.8 Å². The lowest BCUT2D eigenvalue weighted by Gasteiger charge is -2.20. The van der Waals surface area contributed by atoms with Gasteiger partial charge in [0, 0.05) is 15.6 Å². The number of para-hydroxylation sites is 1. The maximum absolute atomic E-state index is 12.8. The van der Waals surface area contributed by atoms with Crippen LogP contribution in [-0.4, -0.2) is 30.9 Å². The minimum Gasteiger partial charge on any atom is -0.488 e. The van der Waals surface area contributed by atoms with Crippen LogP contribution in [0.15, 0.2) is 76.3 Å². The minimum atomic E-state index is -0.788. The number of ether oxygens (including phenoxy) is 3. The average Bonchev–Trinajstić information content (AvgIpc) is 3.35. The van der Waals surface area contributed by atoms with Gasteiger partial charge in [0.05, 0.1) is 6.21 Å². The number of amides is 2. The number of hydrazone groups is 1. The van der Waals surface area contributed by atoms with Gasteiger partial charge in [-0.2, -0.15) is 5.10 Å². The lowest BCUT2D eigenvalue weighted by Crippen LogP contribution is -2.48. The van der Waals surface area contributed by atoms with E-state index in [9.17, 15) is 9.59 Å². The second-order valence-corrected chi connectivity index (χ2v) is 9.37. The molecule has 1 aliphatic heterocycles. The monoisotopic (exact) mass is 551 g/mol. The van der Waals surface area contributed by atoms with Crippen molar-refractivity contribution in [3.05, 3.63) is 87.9 Å². The molecule has 0 aliphatic carbocycles.